The molecule has 0 unspecified atom stereocenters. The number of aryl methyl sites for hydroxylation is 2. The van der Waals surface area contributed by atoms with Crippen molar-refractivity contribution in [3.63, 3.8) is 0 Å². The number of carbonyl (C=O) groups excluding carboxylic acids is 1. The van der Waals surface area contributed by atoms with Gasteiger partial charge in [-0.15, -0.1) is 0 Å². The minimum atomic E-state index is -0.0883. The summed E-state index contributed by atoms with van der Waals surface area (Å²) in [6.45, 7) is 14.3. The van der Waals surface area contributed by atoms with Gasteiger partial charge in [0.2, 0.25) is 0 Å². The van der Waals surface area contributed by atoms with Crippen LogP contribution in [0.15, 0.2) is 46.3 Å². The Bertz CT molecular complexity index is 1100. The quantitative estimate of drug-likeness (QED) is 0.577. The highest BCUT2D eigenvalue weighted by molar-refractivity contribution is 8.18. The number of carbonyl (C=O) groups is 1. The summed E-state index contributed by atoms with van der Waals surface area (Å²) in [6, 6.07) is 12.7. The van der Waals surface area contributed by atoms with Crippen LogP contribution in [0.5, 0.6) is 0 Å². The maximum atomic E-state index is 12.5. The minimum Gasteiger partial charge on any atom is -0.366 e. The van der Waals surface area contributed by atoms with Crippen molar-refractivity contribution in [1.82, 2.24) is 5.32 Å². The number of nitrogens with one attached hydrogen (secondary N) is 1. The maximum Gasteiger partial charge on any atom is 0.264 e. The lowest BCUT2D eigenvalue weighted by Gasteiger charge is -2.47. The number of rotatable bonds is 3. The van der Waals surface area contributed by atoms with Crippen molar-refractivity contribution in [3.05, 3.63) is 63.6 Å². The van der Waals surface area contributed by atoms with Gasteiger partial charge in [0.1, 0.15) is 0 Å². The van der Waals surface area contributed by atoms with Gasteiger partial charge >= 0.3 is 0 Å². The van der Waals surface area contributed by atoms with E-state index in [9.17, 15) is 4.79 Å². The molecule has 0 aromatic heterocycles. The Labute approximate surface area is 189 Å². The zero-order valence-electron chi connectivity index (χ0n) is 19.2. The van der Waals surface area contributed by atoms with E-state index in [0.717, 1.165) is 24.2 Å². The molecule has 4 nitrogen and oxygen atoms in total. The van der Waals surface area contributed by atoms with Crippen molar-refractivity contribution in [2.45, 2.75) is 59.4 Å². The molecule has 31 heavy (non-hydrogen) atoms. The first-order valence-electron chi connectivity index (χ1n) is 11.0. The number of amidine groups is 1. The Morgan fingerprint density at radius 1 is 1.19 bits per heavy atom. The van der Waals surface area contributed by atoms with Gasteiger partial charge in [-0.2, -0.15) is 0 Å². The molecule has 2 aromatic carbocycles. The molecule has 4 rings (SSSR count). The van der Waals surface area contributed by atoms with Crippen LogP contribution in [-0.4, -0.2) is 23.2 Å². The predicted molar refractivity (Wildman–Crippen MR) is 133 cm³/mol. The highest BCUT2D eigenvalue weighted by atomic mass is 32.2. The fourth-order valence-corrected chi connectivity index (χ4v) is 5.58. The number of nitrogens with zero attached hydrogens (tertiary/aromatic N) is 2. The van der Waals surface area contributed by atoms with Crippen LogP contribution in [0.4, 0.5) is 11.4 Å². The van der Waals surface area contributed by atoms with Crippen LogP contribution >= 0.6 is 11.8 Å². The molecule has 162 valence electrons. The van der Waals surface area contributed by atoms with Gasteiger partial charge in [-0.25, -0.2) is 4.99 Å². The Kier molecular flexibility index (Phi) is 5.73. The first-order valence-corrected chi connectivity index (χ1v) is 11.8. The predicted octanol–water partition coefficient (Wildman–Crippen LogP) is 6.31. The average Bonchev–Trinajstić information content (AvgIpc) is 3.03. The summed E-state index contributed by atoms with van der Waals surface area (Å²) in [5, 5.41) is 3.53. The summed E-state index contributed by atoms with van der Waals surface area (Å²) in [5.41, 5.74) is 7.18. The van der Waals surface area contributed by atoms with Gasteiger partial charge in [0.15, 0.2) is 5.17 Å². The summed E-state index contributed by atoms with van der Waals surface area (Å²) >= 11 is 1.40. The van der Waals surface area contributed by atoms with Gasteiger partial charge in [-0.1, -0.05) is 19.1 Å². The molecule has 0 saturated carbocycles. The lowest BCUT2D eigenvalue weighted by molar-refractivity contribution is -0.115. The molecule has 0 radical (unpaired) electrons. The van der Waals surface area contributed by atoms with Crippen LogP contribution in [0.2, 0.25) is 0 Å². The van der Waals surface area contributed by atoms with Crippen molar-refractivity contribution >= 4 is 40.3 Å². The van der Waals surface area contributed by atoms with Crippen molar-refractivity contribution in [3.8, 4) is 0 Å². The van der Waals surface area contributed by atoms with Crippen LogP contribution in [-0.2, 0) is 4.79 Å². The van der Waals surface area contributed by atoms with Crippen LogP contribution in [0, 0.1) is 13.8 Å². The summed E-state index contributed by atoms with van der Waals surface area (Å²) in [4.78, 5) is 20.3. The number of benzene rings is 2. The second kappa shape index (κ2) is 8.19. The standard InChI is InChI=1S/C26H31N3OS/c1-7-29-22-11-9-19(13-21(22)18(4)15-26(29,5)6)14-23-24(30)28-25(31-23)27-20-10-8-16(2)17(3)12-20/h8-14,18H,7,15H2,1-6H3,(H,27,28,30)/b23-14-/t18-/m0/s1. The SMILES string of the molecule is CCN1c2ccc(/C=C3\SC(=Nc4ccc(C)c(C)c4)NC3=O)cc2[C@@H](C)CC1(C)C. The molecule has 0 spiro atoms. The van der Waals surface area contributed by atoms with E-state index in [1.54, 1.807) is 0 Å². The fourth-order valence-electron chi connectivity index (χ4n) is 4.74. The lowest BCUT2D eigenvalue weighted by Crippen LogP contribution is -2.48. The van der Waals surface area contributed by atoms with E-state index in [1.807, 2.05) is 18.2 Å². The molecular weight excluding hydrogens is 402 g/mol. The van der Waals surface area contributed by atoms with Crippen LogP contribution < -0.4 is 10.2 Å². The van der Waals surface area contributed by atoms with Crippen LogP contribution in [0.3, 0.4) is 0 Å². The number of fused-ring (bicyclic) bond motifs is 1. The molecule has 2 aromatic rings. The molecule has 2 heterocycles. The Balaban J connectivity index is 1.61. The summed E-state index contributed by atoms with van der Waals surface area (Å²) in [5.74, 6) is 0.396. The Morgan fingerprint density at radius 2 is 1.97 bits per heavy atom. The fraction of sp³-hybridized carbons (Fsp3) is 0.385. The molecule has 1 fully saturated rings. The zero-order chi connectivity index (χ0) is 22.3. The third kappa shape index (κ3) is 4.29. The molecule has 1 amide bonds. The third-order valence-corrected chi connectivity index (χ3v) is 7.31. The van der Waals surface area contributed by atoms with Crippen molar-refractivity contribution < 1.29 is 4.79 Å². The normalized spacial score (nSPS) is 22.7. The summed E-state index contributed by atoms with van der Waals surface area (Å²) in [7, 11) is 0. The van der Waals surface area contributed by atoms with Crippen molar-refractivity contribution in [2.75, 3.05) is 11.4 Å². The van der Waals surface area contributed by atoms with Gasteiger partial charge < -0.3 is 10.2 Å². The number of aliphatic imine (C=N–C) groups is 1. The summed E-state index contributed by atoms with van der Waals surface area (Å²) < 4.78 is 0. The molecule has 1 N–H and O–H groups in total. The van der Waals surface area contributed by atoms with Crippen molar-refractivity contribution in [2.24, 2.45) is 4.99 Å². The van der Waals surface area contributed by atoms with Crippen molar-refractivity contribution in [1.29, 1.82) is 0 Å². The molecule has 0 bridgehead atoms. The highest BCUT2D eigenvalue weighted by Crippen LogP contribution is 2.43. The van der Waals surface area contributed by atoms with E-state index in [1.165, 1.54) is 34.1 Å². The maximum absolute atomic E-state index is 12.5. The van der Waals surface area contributed by atoms with Gasteiger partial charge in [-0.3, -0.25) is 4.79 Å². The second-order valence-electron chi connectivity index (χ2n) is 9.23. The van der Waals surface area contributed by atoms with E-state index in [-0.39, 0.29) is 11.4 Å². The molecule has 0 aliphatic carbocycles. The monoisotopic (exact) mass is 433 g/mol. The summed E-state index contributed by atoms with van der Waals surface area (Å²) in [6.07, 6.45) is 3.10. The number of hydrogen-bond acceptors (Lipinski definition) is 4. The lowest BCUT2D eigenvalue weighted by atomic mass is 9.79. The van der Waals surface area contributed by atoms with Gasteiger partial charge in [0.25, 0.3) is 5.91 Å². The first kappa shape index (κ1) is 21.7. The molecule has 2 aliphatic rings. The van der Waals surface area contributed by atoms with Crippen LogP contribution in [0.25, 0.3) is 6.08 Å². The Morgan fingerprint density at radius 3 is 2.68 bits per heavy atom. The number of hydrogen-bond donors (Lipinski definition) is 1. The highest BCUT2D eigenvalue weighted by Gasteiger charge is 2.35. The van der Waals surface area contributed by atoms with E-state index in [2.05, 4.69) is 81.0 Å². The minimum absolute atomic E-state index is 0.0883. The topological polar surface area (TPSA) is 44.7 Å². The van der Waals surface area contributed by atoms with Gasteiger partial charge in [0, 0.05) is 17.8 Å². The van der Waals surface area contributed by atoms with E-state index in [0.29, 0.717) is 16.0 Å². The largest absolute Gasteiger partial charge is 0.366 e. The second-order valence-corrected chi connectivity index (χ2v) is 10.3. The number of anilines is 1. The molecular formula is C26H31N3OS. The number of thioether (sulfide) groups is 1. The van der Waals surface area contributed by atoms with Gasteiger partial charge in [0.05, 0.1) is 10.6 Å². The average molecular weight is 434 g/mol. The molecule has 1 saturated heterocycles. The first-order chi connectivity index (χ1) is 14.7. The Hall–Kier alpha value is -2.53. The third-order valence-electron chi connectivity index (χ3n) is 6.40. The molecule has 1 atom stereocenters. The van der Waals surface area contributed by atoms with E-state index < -0.39 is 0 Å². The zero-order valence-corrected chi connectivity index (χ0v) is 20.1. The number of amides is 1. The van der Waals surface area contributed by atoms with Crippen LogP contribution in [0.1, 0.15) is 62.3 Å². The molecule has 2 aliphatic heterocycles. The van der Waals surface area contributed by atoms with E-state index in [4.69, 9.17) is 0 Å². The molecule has 5 heteroatoms. The van der Waals surface area contributed by atoms with Gasteiger partial charge in [-0.05, 0) is 111 Å². The smallest absolute Gasteiger partial charge is 0.264 e. The van der Waals surface area contributed by atoms with E-state index >= 15 is 0 Å².